The van der Waals surface area contributed by atoms with Gasteiger partial charge in [0.05, 0.1) is 6.01 Å². The number of rotatable bonds is 4. The van der Waals surface area contributed by atoms with Crippen LogP contribution in [0.5, 0.6) is 0 Å². The summed E-state index contributed by atoms with van der Waals surface area (Å²) in [6, 6.07) is 2.56. The lowest BCUT2D eigenvalue weighted by molar-refractivity contribution is 0.729. The second-order valence-electron chi connectivity index (χ2n) is 1.91. The Kier molecular flexibility index (Phi) is 6.87. The van der Waals surface area contributed by atoms with Crippen LogP contribution in [0.4, 0.5) is 0 Å². The maximum absolute atomic E-state index is 3.91. The van der Waals surface area contributed by atoms with Crippen molar-refractivity contribution in [1.82, 2.24) is 0 Å². The molecular weight excluding hydrogens is 112 g/mol. The van der Waals surface area contributed by atoms with E-state index in [0.29, 0.717) is 0 Å². The van der Waals surface area contributed by atoms with Gasteiger partial charge in [-0.2, -0.15) is 0 Å². The summed E-state index contributed by atoms with van der Waals surface area (Å²) in [7, 11) is 1.68. The van der Waals surface area contributed by atoms with Crippen LogP contribution >= 0.6 is 0 Å². The Morgan fingerprint density at radius 3 is 2.67 bits per heavy atom. The highest BCUT2D eigenvalue weighted by Crippen LogP contribution is 1.92. The van der Waals surface area contributed by atoms with Gasteiger partial charge in [0.25, 0.3) is 0 Å². The smallest absolute Gasteiger partial charge is 0.0889 e. The fourth-order valence-electron chi connectivity index (χ4n) is 0.562. The molecule has 2 heteroatoms. The Morgan fingerprint density at radius 1 is 1.33 bits per heavy atom. The quantitative estimate of drug-likeness (QED) is 0.406. The van der Waals surface area contributed by atoms with Gasteiger partial charge in [0.1, 0.15) is 0 Å². The highest BCUT2D eigenvalue weighted by Gasteiger charge is 1.79. The molecule has 0 aromatic rings. The molecule has 9 heavy (non-hydrogen) atoms. The van der Waals surface area contributed by atoms with Gasteiger partial charge < -0.3 is 0 Å². The van der Waals surface area contributed by atoms with E-state index < -0.39 is 0 Å². The first kappa shape index (κ1) is 8.38. The maximum atomic E-state index is 3.91. The summed E-state index contributed by atoms with van der Waals surface area (Å²) >= 11 is 0. The molecule has 0 rings (SSSR count). The van der Waals surface area contributed by atoms with Crippen LogP contribution in [0.1, 0.15) is 26.2 Å². The van der Waals surface area contributed by atoms with Gasteiger partial charge in [-0.25, -0.2) is 9.98 Å². The van der Waals surface area contributed by atoms with Crippen molar-refractivity contribution in [3.63, 3.8) is 0 Å². The van der Waals surface area contributed by atoms with Gasteiger partial charge >= 0.3 is 0 Å². The first-order valence-corrected chi connectivity index (χ1v) is 3.42. The molecule has 0 unspecified atom stereocenters. The zero-order valence-corrected chi connectivity index (χ0v) is 6.22. The lowest BCUT2D eigenvalue weighted by Gasteiger charge is -1.87. The van der Waals surface area contributed by atoms with E-state index in [0.717, 1.165) is 6.54 Å². The van der Waals surface area contributed by atoms with Crippen molar-refractivity contribution in [1.29, 1.82) is 0 Å². The van der Waals surface area contributed by atoms with Gasteiger partial charge in [0, 0.05) is 13.6 Å². The normalized spacial score (nSPS) is 8.22. The molecule has 0 spiro atoms. The first-order valence-electron chi connectivity index (χ1n) is 3.42. The van der Waals surface area contributed by atoms with Crippen LogP contribution in [-0.2, 0) is 0 Å². The van der Waals surface area contributed by atoms with Crippen LogP contribution in [-0.4, -0.2) is 19.6 Å². The zero-order chi connectivity index (χ0) is 6.95. The number of nitrogens with zero attached hydrogens (tertiary/aromatic N) is 2. The predicted molar refractivity (Wildman–Crippen MR) is 40.2 cm³/mol. The molecule has 2 nitrogen and oxygen atoms in total. The summed E-state index contributed by atoms with van der Waals surface area (Å²) in [5, 5.41) is 0. The largest absolute Gasteiger partial charge is 0.229 e. The van der Waals surface area contributed by atoms with E-state index >= 15 is 0 Å². The van der Waals surface area contributed by atoms with Crippen molar-refractivity contribution in [2.75, 3.05) is 13.6 Å². The predicted octanol–water partition coefficient (Wildman–Crippen LogP) is 1.98. The molecule has 0 saturated heterocycles. The Morgan fingerprint density at radius 2 is 2.11 bits per heavy atom. The summed E-state index contributed by atoms with van der Waals surface area (Å²) in [5.41, 5.74) is 0. The van der Waals surface area contributed by atoms with Gasteiger partial charge in [0.2, 0.25) is 0 Å². The third kappa shape index (κ3) is 7.38. The molecule has 0 radical (unpaired) electrons. The highest BCUT2D eigenvalue weighted by molar-refractivity contribution is 5.40. The molecule has 52 valence electrons. The van der Waals surface area contributed by atoms with E-state index in [1.54, 1.807) is 7.05 Å². The SMILES string of the molecule is CCCCCN=C=NC. The fourth-order valence-corrected chi connectivity index (χ4v) is 0.562. The molecule has 0 heterocycles. The molecule has 0 saturated carbocycles. The zero-order valence-electron chi connectivity index (χ0n) is 6.22. The highest BCUT2D eigenvalue weighted by atomic mass is 14.8. The van der Waals surface area contributed by atoms with Crippen LogP contribution in [0.15, 0.2) is 9.98 Å². The molecule has 0 fully saturated rings. The molecule has 0 bridgehead atoms. The molecule has 0 aliphatic rings. The van der Waals surface area contributed by atoms with E-state index in [1.807, 2.05) is 0 Å². The van der Waals surface area contributed by atoms with E-state index in [2.05, 4.69) is 22.9 Å². The number of hydrogen-bond acceptors (Lipinski definition) is 2. The van der Waals surface area contributed by atoms with Crippen molar-refractivity contribution in [3.05, 3.63) is 0 Å². The van der Waals surface area contributed by atoms with Crippen LogP contribution < -0.4 is 0 Å². The minimum atomic E-state index is 0.880. The van der Waals surface area contributed by atoms with Crippen LogP contribution in [0.2, 0.25) is 0 Å². The molecule has 0 aromatic heterocycles. The van der Waals surface area contributed by atoms with E-state index in [4.69, 9.17) is 0 Å². The van der Waals surface area contributed by atoms with Crippen molar-refractivity contribution >= 4 is 6.01 Å². The third-order valence-corrected chi connectivity index (χ3v) is 1.04. The fraction of sp³-hybridized carbons (Fsp3) is 0.857. The summed E-state index contributed by atoms with van der Waals surface area (Å²) in [6.45, 7) is 3.06. The monoisotopic (exact) mass is 126 g/mol. The summed E-state index contributed by atoms with van der Waals surface area (Å²) in [5.74, 6) is 0. The second-order valence-corrected chi connectivity index (χ2v) is 1.91. The Labute approximate surface area is 56.7 Å². The Balaban J connectivity index is 3.00. The van der Waals surface area contributed by atoms with Crippen molar-refractivity contribution < 1.29 is 0 Å². The third-order valence-electron chi connectivity index (χ3n) is 1.04. The van der Waals surface area contributed by atoms with E-state index in [-0.39, 0.29) is 0 Å². The molecule has 0 aliphatic heterocycles. The van der Waals surface area contributed by atoms with Gasteiger partial charge in [-0.1, -0.05) is 19.8 Å². The molecule has 0 aliphatic carbocycles. The lowest BCUT2D eigenvalue weighted by atomic mass is 10.3. The molecular formula is C7H14N2. The topological polar surface area (TPSA) is 24.7 Å². The Bertz CT molecular complexity index is 101. The average Bonchev–Trinajstić information content (AvgIpc) is 1.89. The van der Waals surface area contributed by atoms with E-state index in [9.17, 15) is 0 Å². The minimum Gasteiger partial charge on any atom is -0.229 e. The molecule has 0 N–H and O–H groups in total. The first-order chi connectivity index (χ1) is 4.41. The molecule has 0 atom stereocenters. The van der Waals surface area contributed by atoms with Crippen molar-refractivity contribution in [2.24, 2.45) is 9.98 Å². The standard InChI is InChI=1S/C7H14N2/c1-3-4-5-6-9-7-8-2/h3-6H2,1-2H3. The molecule has 0 amide bonds. The summed E-state index contributed by atoms with van der Waals surface area (Å²) in [4.78, 5) is 7.53. The van der Waals surface area contributed by atoms with Crippen LogP contribution in [0, 0.1) is 0 Å². The van der Waals surface area contributed by atoms with Crippen LogP contribution in [0.3, 0.4) is 0 Å². The van der Waals surface area contributed by atoms with Crippen molar-refractivity contribution in [3.8, 4) is 0 Å². The number of hydrogen-bond donors (Lipinski definition) is 0. The van der Waals surface area contributed by atoms with E-state index in [1.165, 1.54) is 19.3 Å². The maximum Gasteiger partial charge on any atom is 0.0889 e. The number of aliphatic imine (C=N–C) groups is 2. The van der Waals surface area contributed by atoms with Crippen LogP contribution in [0.25, 0.3) is 0 Å². The van der Waals surface area contributed by atoms with Crippen molar-refractivity contribution in [2.45, 2.75) is 26.2 Å². The lowest BCUT2D eigenvalue weighted by Crippen LogP contribution is -1.78. The summed E-state index contributed by atoms with van der Waals surface area (Å²) in [6.07, 6.45) is 3.67. The van der Waals surface area contributed by atoms with Gasteiger partial charge in [-0.15, -0.1) is 0 Å². The van der Waals surface area contributed by atoms with Gasteiger partial charge in [0.15, 0.2) is 0 Å². The Hall–Kier alpha value is -0.620. The second kappa shape index (κ2) is 7.38. The summed E-state index contributed by atoms with van der Waals surface area (Å²) < 4.78 is 0. The average molecular weight is 126 g/mol. The minimum absolute atomic E-state index is 0.880. The van der Waals surface area contributed by atoms with Gasteiger partial charge in [-0.05, 0) is 6.42 Å². The number of unbranched alkanes of at least 4 members (excludes halogenated alkanes) is 2. The molecule has 0 aromatic carbocycles. The van der Waals surface area contributed by atoms with Gasteiger partial charge in [-0.3, -0.25) is 0 Å².